The van der Waals surface area contributed by atoms with E-state index in [1.807, 2.05) is 42.5 Å². The fraction of sp³-hybridized carbons (Fsp3) is 0.316. The number of hydrogen-bond donors (Lipinski definition) is 1. The quantitative estimate of drug-likeness (QED) is 0.677. The van der Waals surface area contributed by atoms with Gasteiger partial charge in [0.05, 0.1) is 19.8 Å². The van der Waals surface area contributed by atoms with Gasteiger partial charge in [0.15, 0.2) is 5.96 Å². The van der Waals surface area contributed by atoms with Crippen LogP contribution in [0.5, 0.6) is 5.75 Å². The standard InChI is InChI=1S/C19H23N3O2/c20-19(22-10-12-23-13-11-22)21-14-17-8-4-5-9-18(17)24-15-16-6-2-1-3-7-16/h1-9H,10-15H2,(H2,20,21). The third-order valence-corrected chi connectivity index (χ3v) is 3.96. The summed E-state index contributed by atoms with van der Waals surface area (Å²) >= 11 is 0. The van der Waals surface area contributed by atoms with E-state index >= 15 is 0 Å². The topological polar surface area (TPSA) is 60.1 Å². The zero-order valence-electron chi connectivity index (χ0n) is 13.7. The van der Waals surface area contributed by atoms with Crippen LogP contribution in [-0.4, -0.2) is 37.2 Å². The predicted octanol–water partition coefficient (Wildman–Crippen LogP) is 2.41. The molecule has 5 heteroatoms. The van der Waals surface area contributed by atoms with Crippen molar-refractivity contribution < 1.29 is 9.47 Å². The van der Waals surface area contributed by atoms with E-state index in [0.717, 1.165) is 30.0 Å². The molecule has 3 rings (SSSR count). The molecule has 1 aliphatic heterocycles. The maximum absolute atomic E-state index is 6.09. The number of ether oxygens (including phenoxy) is 2. The Balaban J connectivity index is 1.63. The second-order valence-electron chi connectivity index (χ2n) is 5.66. The monoisotopic (exact) mass is 325 g/mol. The minimum atomic E-state index is 0.508. The maximum atomic E-state index is 6.09. The van der Waals surface area contributed by atoms with E-state index in [1.54, 1.807) is 0 Å². The highest BCUT2D eigenvalue weighted by Crippen LogP contribution is 2.20. The van der Waals surface area contributed by atoms with Gasteiger partial charge in [-0.3, -0.25) is 0 Å². The summed E-state index contributed by atoms with van der Waals surface area (Å²) in [5, 5.41) is 0. The van der Waals surface area contributed by atoms with Crippen LogP contribution in [0, 0.1) is 0 Å². The average Bonchev–Trinajstić information content (AvgIpc) is 2.66. The van der Waals surface area contributed by atoms with E-state index in [4.69, 9.17) is 15.2 Å². The smallest absolute Gasteiger partial charge is 0.191 e. The molecule has 0 spiro atoms. The minimum absolute atomic E-state index is 0.508. The van der Waals surface area contributed by atoms with Crippen molar-refractivity contribution in [3.63, 3.8) is 0 Å². The first kappa shape index (κ1) is 16.3. The molecule has 0 radical (unpaired) electrons. The first-order valence-electron chi connectivity index (χ1n) is 8.20. The van der Waals surface area contributed by atoms with E-state index < -0.39 is 0 Å². The van der Waals surface area contributed by atoms with Gasteiger partial charge in [0, 0.05) is 18.7 Å². The lowest BCUT2D eigenvalue weighted by atomic mass is 10.2. The summed E-state index contributed by atoms with van der Waals surface area (Å²) in [6, 6.07) is 18.1. The molecule has 1 aliphatic rings. The molecule has 0 atom stereocenters. The van der Waals surface area contributed by atoms with E-state index in [1.165, 1.54) is 0 Å². The number of rotatable bonds is 5. The zero-order chi connectivity index (χ0) is 16.6. The third-order valence-electron chi connectivity index (χ3n) is 3.96. The van der Waals surface area contributed by atoms with Gasteiger partial charge in [0.25, 0.3) is 0 Å². The van der Waals surface area contributed by atoms with E-state index in [0.29, 0.717) is 32.3 Å². The maximum Gasteiger partial charge on any atom is 0.191 e. The molecule has 126 valence electrons. The summed E-state index contributed by atoms with van der Waals surface area (Å²) in [6.07, 6.45) is 0. The number of morpholine rings is 1. The van der Waals surface area contributed by atoms with Crippen molar-refractivity contribution in [3.8, 4) is 5.75 Å². The lowest BCUT2D eigenvalue weighted by molar-refractivity contribution is 0.0674. The molecule has 2 N–H and O–H groups in total. The highest BCUT2D eigenvalue weighted by molar-refractivity contribution is 5.78. The summed E-state index contributed by atoms with van der Waals surface area (Å²) in [4.78, 5) is 6.57. The number of nitrogens with zero attached hydrogens (tertiary/aromatic N) is 2. The Morgan fingerprint density at radius 2 is 1.75 bits per heavy atom. The molecule has 2 aromatic carbocycles. The molecule has 1 fully saturated rings. The number of benzene rings is 2. The van der Waals surface area contributed by atoms with Crippen molar-refractivity contribution in [2.45, 2.75) is 13.2 Å². The highest BCUT2D eigenvalue weighted by Gasteiger charge is 2.12. The molecule has 0 unspecified atom stereocenters. The summed E-state index contributed by atoms with van der Waals surface area (Å²) in [5.41, 5.74) is 8.27. The summed E-state index contributed by atoms with van der Waals surface area (Å²) < 4.78 is 11.3. The normalized spacial score (nSPS) is 15.3. The van der Waals surface area contributed by atoms with Crippen molar-refractivity contribution in [2.75, 3.05) is 26.3 Å². The molecule has 24 heavy (non-hydrogen) atoms. The predicted molar refractivity (Wildman–Crippen MR) is 94.9 cm³/mol. The summed E-state index contributed by atoms with van der Waals surface area (Å²) in [5.74, 6) is 1.41. The molecule has 5 nitrogen and oxygen atoms in total. The van der Waals surface area contributed by atoms with Crippen molar-refractivity contribution in [1.82, 2.24) is 4.90 Å². The molecule has 0 aromatic heterocycles. The van der Waals surface area contributed by atoms with Crippen LogP contribution in [0.4, 0.5) is 0 Å². The molecule has 0 bridgehead atoms. The lowest BCUT2D eigenvalue weighted by Gasteiger charge is -2.27. The summed E-state index contributed by atoms with van der Waals surface area (Å²) in [6.45, 7) is 4.04. The fourth-order valence-corrected chi connectivity index (χ4v) is 2.57. The lowest BCUT2D eigenvalue weighted by Crippen LogP contribution is -2.44. The second-order valence-corrected chi connectivity index (χ2v) is 5.66. The van der Waals surface area contributed by atoms with Gasteiger partial charge in [-0.2, -0.15) is 0 Å². The largest absolute Gasteiger partial charge is 0.489 e. The van der Waals surface area contributed by atoms with Crippen LogP contribution in [-0.2, 0) is 17.9 Å². The van der Waals surface area contributed by atoms with Crippen LogP contribution >= 0.6 is 0 Å². The van der Waals surface area contributed by atoms with Crippen LogP contribution in [0.2, 0.25) is 0 Å². The summed E-state index contributed by atoms with van der Waals surface area (Å²) in [7, 11) is 0. The first-order chi connectivity index (χ1) is 11.8. The Labute approximate surface area is 142 Å². The number of hydrogen-bond acceptors (Lipinski definition) is 3. The van der Waals surface area contributed by atoms with Crippen LogP contribution in [0.15, 0.2) is 59.6 Å². The van der Waals surface area contributed by atoms with E-state index in [2.05, 4.69) is 22.0 Å². The Morgan fingerprint density at radius 3 is 2.54 bits per heavy atom. The van der Waals surface area contributed by atoms with Crippen molar-refractivity contribution in [3.05, 3.63) is 65.7 Å². The zero-order valence-corrected chi connectivity index (χ0v) is 13.7. The SMILES string of the molecule is NC(=NCc1ccccc1OCc1ccccc1)N1CCOCC1. The van der Waals surface area contributed by atoms with Gasteiger partial charge in [-0.05, 0) is 11.6 Å². The van der Waals surface area contributed by atoms with Crippen molar-refractivity contribution >= 4 is 5.96 Å². The van der Waals surface area contributed by atoms with Crippen LogP contribution in [0.3, 0.4) is 0 Å². The molecular formula is C19H23N3O2. The average molecular weight is 325 g/mol. The van der Waals surface area contributed by atoms with Gasteiger partial charge in [-0.15, -0.1) is 0 Å². The van der Waals surface area contributed by atoms with Gasteiger partial charge >= 0.3 is 0 Å². The van der Waals surface area contributed by atoms with Gasteiger partial charge in [-0.1, -0.05) is 48.5 Å². The molecule has 0 aliphatic carbocycles. The van der Waals surface area contributed by atoms with Crippen molar-refractivity contribution in [1.29, 1.82) is 0 Å². The molecule has 1 heterocycles. The van der Waals surface area contributed by atoms with Gasteiger partial charge in [0.2, 0.25) is 0 Å². The Kier molecular flexibility index (Phi) is 5.69. The molecule has 1 saturated heterocycles. The second kappa shape index (κ2) is 8.36. The van der Waals surface area contributed by atoms with Crippen LogP contribution in [0.1, 0.15) is 11.1 Å². The highest BCUT2D eigenvalue weighted by atomic mass is 16.5. The molecule has 0 amide bonds. The van der Waals surface area contributed by atoms with Crippen molar-refractivity contribution in [2.24, 2.45) is 10.7 Å². The van der Waals surface area contributed by atoms with E-state index in [-0.39, 0.29) is 0 Å². The Hall–Kier alpha value is -2.53. The van der Waals surface area contributed by atoms with Crippen LogP contribution < -0.4 is 10.5 Å². The molecule has 0 saturated carbocycles. The third kappa shape index (κ3) is 4.49. The fourth-order valence-electron chi connectivity index (χ4n) is 2.57. The van der Waals surface area contributed by atoms with Gasteiger partial charge < -0.3 is 20.1 Å². The number of para-hydroxylation sites is 1. The minimum Gasteiger partial charge on any atom is -0.489 e. The first-order valence-corrected chi connectivity index (χ1v) is 8.20. The Morgan fingerprint density at radius 1 is 1.04 bits per heavy atom. The van der Waals surface area contributed by atoms with Crippen LogP contribution in [0.25, 0.3) is 0 Å². The number of nitrogens with two attached hydrogens (primary N) is 1. The molecular weight excluding hydrogens is 302 g/mol. The Bertz CT molecular complexity index is 667. The van der Waals surface area contributed by atoms with Gasteiger partial charge in [0.1, 0.15) is 12.4 Å². The molecule has 2 aromatic rings. The van der Waals surface area contributed by atoms with E-state index in [9.17, 15) is 0 Å². The number of aliphatic imine (C=N–C) groups is 1. The van der Waals surface area contributed by atoms with Gasteiger partial charge in [-0.25, -0.2) is 4.99 Å². The number of guanidine groups is 1.